The van der Waals surface area contributed by atoms with Gasteiger partial charge in [0, 0.05) is 5.69 Å². The molecule has 0 amide bonds. The number of carboxylic acids is 1. The van der Waals surface area contributed by atoms with E-state index in [2.05, 4.69) is 17.1 Å². The SMILES string of the molecule is CCCc1cc(C(=O)O)cc2nnc(C)n12. The number of carboxylic acid groups (broad SMARTS) is 1. The minimum absolute atomic E-state index is 0.267. The van der Waals surface area contributed by atoms with Crippen molar-refractivity contribution in [3.8, 4) is 0 Å². The van der Waals surface area contributed by atoms with Crippen molar-refractivity contribution in [1.29, 1.82) is 0 Å². The molecular weight excluding hydrogens is 206 g/mol. The van der Waals surface area contributed by atoms with E-state index in [1.54, 1.807) is 12.1 Å². The minimum atomic E-state index is -0.930. The summed E-state index contributed by atoms with van der Waals surface area (Å²) in [5.74, 6) is -0.143. The van der Waals surface area contributed by atoms with E-state index in [-0.39, 0.29) is 5.56 Å². The number of pyridine rings is 1. The van der Waals surface area contributed by atoms with Crippen molar-refractivity contribution >= 4 is 11.6 Å². The fourth-order valence-corrected chi connectivity index (χ4v) is 1.82. The van der Waals surface area contributed by atoms with Crippen molar-refractivity contribution in [2.75, 3.05) is 0 Å². The van der Waals surface area contributed by atoms with Crippen molar-refractivity contribution in [3.63, 3.8) is 0 Å². The summed E-state index contributed by atoms with van der Waals surface area (Å²) in [7, 11) is 0. The Morgan fingerprint density at radius 2 is 2.19 bits per heavy atom. The van der Waals surface area contributed by atoms with Gasteiger partial charge in [-0.1, -0.05) is 13.3 Å². The molecule has 0 aliphatic heterocycles. The first-order valence-electron chi connectivity index (χ1n) is 5.21. The third kappa shape index (κ3) is 1.64. The van der Waals surface area contributed by atoms with E-state index in [1.807, 2.05) is 11.3 Å². The van der Waals surface area contributed by atoms with E-state index in [4.69, 9.17) is 5.11 Å². The molecule has 2 heterocycles. The van der Waals surface area contributed by atoms with Crippen LogP contribution in [0.25, 0.3) is 5.65 Å². The van der Waals surface area contributed by atoms with Crippen molar-refractivity contribution in [3.05, 3.63) is 29.2 Å². The Morgan fingerprint density at radius 1 is 1.44 bits per heavy atom. The van der Waals surface area contributed by atoms with Gasteiger partial charge in [0.25, 0.3) is 0 Å². The fraction of sp³-hybridized carbons (Fsp3) is 0.364. The predicted molar refractivity (Wildman–Crippen MR) is 58.7 cm³/mol. The van der Waals surface area contributed by atoms with E-state index >= 15 is 0 Å². The summed E-state index contributed by atoms with van der Waals surface area (Å²) < 4.78 is 1.90. The first-order chi connectivity index (χ1) is 7.63. The maximum absolute atomic E-state index is 11.0. The molecule has 0 atom stereocenters. The maximum Gasteiger partial charge on any atom is 0.335 e. The van der Waals surface area contributed by atoms with Gasteiger partial charge in [-0.25, -0.2) is 4.79 Å². The third-order valence-corrected chi connectivity index (χ3v) is 2.50. The Kier molecular flexibility index (Phi) is 2.60. The smallest absolute Gasteiger partial charge is 0.335 e. The van der Waals surface area contributed by atoms with Crippen molar-refractivity contribution in [2.45, 2.75) is 26.7 Å². The number of aryl methyl sites for hydroxylation is 2. The van der Waals surface area contributed by atoms with Gasteiger partial charge in [-0.15, -0.1) is 10.2 Å². The largest absolute Gasteiger partial charge is 0.478 e. The zero-order valence-electron chi connectivity index (χ0n) is 9.27. The molecule has 1 N–H and O–H groups in total. The minimum Gasteiger partial charge on any atom is -0.478 e. The lowest BCUT2D eigenvalue weighted by Gasteiger charge is -2.06. The van der Waals surface area contributed by atoms with Crippen LogP contribution < -0.4 is 0 Å². The van der Waals surface area contributed by atoms with Gasteiger partial charge in [-0.2, -0.15) is 0 Å². The summed E-state index contributed by atoms with van der Waals surface area (Å²) in [6.07, 6.45) is 1.77. The standard InChI is InChI=1S/C11H13N3O2/c1-3-4-9-5-8(11(15)16)6-10-13-12-7(2)14(9)10/h5-6H,3-4H2,1-2H3,(H,15,16). The average Bonchev–Trinajstić information content (AvgIpc) is 2.61. The summed E-state index contributed by atoms with van der Waals surface area (Å²) in [5, 5.41) is 16.9. The van der Waals surface area contributed by atoms with Gasteiger partial charge in [0.05, 0.1) is 5.56 Å². The van der Waals surface area contributed by atoms with E-state index in [0.29, 0.717) is 5.65 Å². The molecule has 5 nitrogen and oxygen atoms in total. The van der Waals surface area contributed by atoms with Crippen LogP contribution in [0.4, 0.5) is 0 Å². The number of carbonyl (C=O) groups is 1. The lowest BCUT2D eigenvalue weighted by Crippen LogP contribution is -2.04. The number of hydrogen-bond donors (Lipinski definition) is 1. The second-order valence-corrected chi connectivity index (χ2v) is 3.73. The molecule has 0 aliphatic rings. The third-order valence-electron chi connectivity index (χ3n) is 2.50. The Labute approximate surface area is 92.7 Å². The molecule has 0 spiro atoms. The molecule has 0 fully saturated rings. The average molecular weight is 219 g/mol. The van der Waals surface area contributed by atoms with E-state index in [0.717, 1.165) is 24.4 Å². The second kappa shape index (κ2) is 3.92. The van der Waals surface area contributed by atoms with E-state index in [1.165, 1.54) is 0 Å². The van der Waals surface area contributed by atoms with Crippen LogP contribution in [0, 0.1) is 6.92 Å². The van der Waals surface area contributed by atoms with Gasteiger partial charge in [0.1, 0.15) is 5.82 Å². The first kappa shape index (κ1) is 10.6. The predicted octanol–water partition coefficient (Wildman–Crippen LogP) is 1.69. The molecule has 5 heteroatoms. The second-order valence-electron chi connectivity index (χ2n) is 3.73. The number of fused-ring (bicyclic) bond motifs is 1. The van der Waals surface area contributed by atoms with Gasteiger partial charge in [-0.3, -0.25) is 4.40 Å². The zero-order valence-corrected chi connectivity index (χ0v) is 9.27. The Balaban J connectivity index is 2.70. The Bertz CT molecular complexity index is 545. The molecule has 2 aromatic rings. The van der Waals surface area contributed by atoms with Crippen LogP contribution in [-0.4, -0.2) is 25.7 Å². The van der Waals surface area contributed by atoms with Gasteiger partial charge in [0.15, 0.2) is 5.65 Å². The molecule has 2 rings (SSSR count). The molecule has 84 valence electrons. The van der Waals surface area contributed by atoms with Crippen LogP contribution in [0.2, 0.25) is 0 Å². The Morgan fingerprint density at radius 3 is 2.81 bits per heavy atom. The topological polar surface area (TPSA) is 67.5 Å². The molecule has 16 heavy (non-hydrogen) atoms. The van der Waals surface area contributed by atoms with Crippen LogP contribution in [-0.2, 0) is 6.42 Å². The molecule has 0 radical (unpaired) electrons. The molecule has 2 aromatic heterocycles. The lowest BCUT2D eigenvalue weighted by molar-refractivity contribution is 0.0696. The van der Waals surface area contributed by atoms with Gasteiger partial charge in [-0.05, 0) is 25.5 Å². The van der Waals surface area contributed by atoms with E-state index in [9.17, 15) is 4.79 Å². The normalized spacial score (nSPS) is 10.9. The summed E-state index contributed by atoms with van der Waals surface area (Å²) in [4.78, 5) is 11.0. The highest BCUT2D eigenvalue weighted by Crippen LogP contribution is 2.14. The molecule has 0 aliphatic carbocycles. The van der Waals surface area contributed by atoms with Gasteiger partial charge >= 0.3 is 5.97 Å². The summed E-state index contributed by atoms with van der Waals surface area (Å²) in [6, 6.07) is 3.23. The highest BCUT2D eigenvalue weighted by Gasteiger charge is 2.11. The highest BCUT2D eigenvalue weighted by molar-refractivity contribution is 5.88. The number of aromatic carboxylic acids is 1. The van der Waals surface area contributed by atoms with E-state index < -0.39 is 5.97 Å². The summed E-state index contributed by atoms with van der Waals surface area (Å²) in [5.41, 5.74) is 1.81. The summed E-state index contributed by atoms with van der Waals surface area (Å²) >= 11 is 0. The number of nitrogens with zero attached hydrogens (tertiary/aromatic N) is 3. The number of rotatable bonds is 3. The zero-order chi connectivity index (χ0) is 11.7. The summed E-state index contributed by atoms with van der Waals surface area (Å²) in [6.45, 7) is 3.92. The van der Waals surface area contributed by atoms with Crippen molar-refractivity contribution in [2.24, 2.45) is 0 Å². The molecule has 0 saturated carbocycles. The molecule has 0 unspecified atom stereocenters. The molecule has 0 bridgehead atoms. The van der Waals surface area contributed by atoms with Crippen LogP contribution in [0.3, 0.4) is 0 Å². The van der Waals surface area contributed by atoms with Crippen LogP contribution in [0.15, 0.2) is 12.1 Å². The van der Waals surface area contributed by atoms with Crippen LogP contribution >= 0.6 is 0 Å². The molecular formula is C11H13N3O2. The number of hydrogen-bond acceptors (Lipinski definition) is 3. The monoisotopic (exact) mass is 219 g/mol. The number of aromatic nitrogens is 3. The fourth-order valence-electron chi connectivity index (χ4n) is 1.82. The lowest BCUT2D eigenvalue weighted by atomic mass is 10.1. The van der Waals surface area contributed by atoms with Crippen molar-refractivity contribution in [1.82, 2.24) is 14.6 Å². The molecule has 0 saturated heterocycles. The maximum atomic E-state index is 11.0. The highest BCUT2D eigenvalue weighted by atomic mass is 16.4. The molecule has 0 aromatic carbocycles. The Hall–Kier alpha value is -1.91. The van der Waals surface area contributed by atoms with Crippen molar-refractivity contribution < 1.29 is 9.90 Å². The quantitative estimate of drug-likeness (QED) is 0.852. The first-order valence-corrected chi connectivity index (χ1v) is 5.21. The van der Waals surface area contributed by atoms with Crippen LogP contribution in [0.1, 0.15) is 35.2 Å². The van der Waals surface area contributed by atoms with Gasteiger partial charge in [0.2, 0.25) is 0 Å². The van der Waals surface area contributed by atoms with Gasteiger partial charge < -0.3 is 5.11 Å². The van der Waals surface area contributed by atoms with Crippen LogP contribution in [0.5, 0.6) is 0 Å².